The van der Waals surface area contributed by atoms with Crippen molar-refractivity contribution in [3.63, 3.8) is 0 Å². The fourth-order valence-electron chi connectivity index (χ4n) is 2.33. The first kappa shape index (κ1) is 13.4. The molecule has 0 saturated carbocycles. The van der Waals surface area contributed by atoms with Crippen molar-refractivity contribution in [1.82, 2.24) is 10.2 Å². The van der Waals surface area contributed by atoms with Crippen LogP contribution in [0.4, 0.5) is 0 Å². The van der Waals surface area contributed by atoms with Crippen molar-refractivity contribution >= 4 is 44.8 Å². The molecular weight excluding hydrogens is 296 g/mol. The molecule has 20 heavy (non-hydrogen) atoms. The van der Waals surface area contributed by atoms with Gasteiger partial charge in [0.2, 0.25) is 11.8 Å². The lowest BCUT2D eigenvalue weighted by Crippen LogP contribution is -2.56. The first-order valence-corrected chi connectivity index (χ1v) is 7.48. The molecule has 1 atom stereocenters. The molecule has 6 heteroatoms. The quantitative estimate of drug-likeness (QED) is 0.926. The van der Waals surface area contributed by atoms with Crippen LogP contribution >= 0.6 is 22.9 Å². The molecule has 0 spiro atoms. The number of hydrogen-bond acceptors (Lipinski definition) is 3. The van der Waals surface area contributed by atoms with Gasteiger partial charge in [0.25, 0.3) is 0 Å². The monoisotopic (exact) mass is 308 g/mol. The number of hydrogen-bond donors (Lipinski definition) is 1. The molecule has 4 nitrogen and oxygen atoms in total. The maximum Gasteiger partial charge on any atom is 0.245 e. The second-order valence-corrected chi connectivity index (χ2v) is 6.48. The molecular formula is C14H13ClN2O2S. The third kappa shape index (κ3) is 2.51. The molecule has 2 amide bonds. The molecule has 3 rings (SSSR count). The van der Waals surface area contributed by atoms with Gasteiger partial charge in [0.1, 0.15) is 6.04 Å². The summed E-state index contributed by atoms with van der Waals surface area (Å²) >= 11 is 7.57. The topological polar surface area (TPSA) is 49.4 Å². The van der Waals surface area contributed by atoms with Crippen molar-refractivity contribution in [3.05, 3.63) is 34.2 Å². The molecule has 0 radical (unpaired) electrons. The van der Waals surface area contributed by atoms with Crippen LogP contribution < -0.4 is 5.32 Å². The molecule has 2 aromatic rings. The number of carbonyl (C=O) groups is 2. The highest BCUT2D eigenvalue weighted by atomic mass is 35.5. The number of rotatable bonds is 2. The molecule has 1 aromatic carbocycles. The Hall–Kier alpha value is -1.59. The van der Waals surface area contributed by atoms with Crippen molar-refractivity contribution in [3.8, 4) is 0 Å². The van der Waals surface area contributed by atoms with E-state index >= 15 is 0 Å². The van der Waals surface area contributed by atoms with Crippen LogP contribution in [0.2, 0.25) is 5.02 Å². The van der Waals surface area contributed by atoms with Gasteiger partial charge in [-0.15, -0.1) is 11.3 Å². The smallest absolute Gasteiger partial charge is 0.245 e. The standard InChI is InChI=1S/C14H13ClN2O2S/c1-8-14(19)17(7-13(18)16-8)6-11-4-9-2-3-10(15)5-12(9)20-11/h2-5,8H,6-7H2,1H3,(H,16,18)/t8-/m0/s1. The molecule has 1 fully saturated rings. The van der Waals surface area contributed by atoms with E-state index in [1.807, 2.05) is 24.3 Å². The average molecular weight is 309 g/mol. The Bertz CT molecular complexity index is 698. The summed E-state index contributed by atoms with van der Waals surface area (Å²) in [6, 6.07) is 7.33. The second-order valence-electron chi connectivity index (χ2n) is 4.88. The van der Waals surface area contributed by atoms with Gasteiger partial charge in [-0.2, -0.15) is 0 Å². The maximum absolute atomic E-state index is 12.0. The Balaban J connectivity index is 1.85. The van der Waals surface area contributed by atoms with E-state index in [1.165, 1.54) is 0 Å². The number of amides is 2. The Morgan fingerprint density at radius 1 is 1.40 bits per heavy atom. The van der Waals surface area contributed by atoms with Crippen molar-refractivity contribution < 1.29 is 9.59 Å². The summed E-state index contributed by atoms with van der Waals surface area (Å²) in [5, 5.41) is 4.44. The van der Waals surface area contributed by atoms with Gasteiger partial charge in [0.05, 0.1) is 13.1 Å². The van der Waals surface area contributed by atoms with Gasteiger partial charge in [-0.3, -0.25) is 9.59 Å². The number of nitrogens with one attached hydrogen (secondary N) is 1. The Morgan fingerprint density at radius 2 is 2.20 bits per heavy atom. The fraction of sp³-hybridized carbons (Fsp3) is 0.286. The van der Waals surface area contributed by atoms with Crippen LogP contribution in [0, 0.1) is 0 Å². The van der Waals surface area contributed by atoms with Crippen LogP contribution in [-0.2, 0) is 16.1 Å². The van der Waals surface area contributed by atoms with E-state index in [0.29, 0.717) is 11.6 Å². The summed E-state index contributed by atoms with van der Waals surface area (Å²) in [4.78, 5) is 26.2. The lowest BCUT2D eigenvalue weighted by atomic mass is 10.2. The summed E-state index contributed by atoms with van der Waals surface area (Å²) in [6.07, 6.45) is 0. The van der Waals surface area contributed by atoms with Gasteiger partial charge in [0, 0.05) is 14.6 Å². The van der Waals surface area contributed by atoms with Crippen molar-refractivity contribution in [2.45, 2.75) is 19.5 Å². The molecule has 1 saturated heterocycles. The van der Waals surface area contributed by atoms with E-state index in [9.17, 15) is 9.59 Å². The van der Waals surface area contributed by atoms with E-state index in [2.05, 4.69) is 5.32 Å². The number of carbonyl (C=O) groups excluding carboxylic acids is 2. The van der Waals surface area contributed by atoms with E-state index in [0.717, 1.165) is 15.0 Å². The van der Waals surface area contributed by atoms with Crippen LogP contribution in [0.1, 0.15) is 11.8 Å². The largest absolute Gasteiger partial charge is 0.343 e. The Labute approximate surface area is 125 Å². The van der Waals surface area contributed by atoms with E-state index in [1.54, 1.807) is 23.2 Å². The van der Waals surface area contributed by atoms with Gasteiger partial charge >= 0.3 is 0 Å². The molecule has 1 aromatic heterocycles. The van der Waals surface area contributed by atoms with E-state index in [4.69, 9.17) is 11.6 Å². The maximum atomic E-state index is 12.0. The molecule has 0 aliphatic carbocycles. The van der Waals surface area contributed by atoms with Gasteiger partial charge in [-0.25, -0.2) is 0 Å². The number of halogens is 1. The molecule has 2 heterocycles. The zero-order valence-corrected chi connectivity index (χ0v) is 12.4. The zero-order valence-electron chi connectivity index (χ0n) is 10.9. The number of nitrogens with zero attached hydrogens (tertiary/aromatic N) is 1. The molecule has 1 aliphatic rings. The lowest BCUT2D eigenvalue weighted by molar-refractivity contribution is -0.144. The third-order valence-corrected chi connectivity index (χ3v) is 4.59. The second kappa shape index (κ2) is 5.07. The highest BCUT2D eigenvalue weighted by Crippen LogP contribution is 2.29. The lowest BCUT2D eigenvalue weighted by Gasteiger charge is -2.30. The molecule has 1 aliphatic heterocycles. The number of thiophene rings is 1. The van der Waals surface area contributed by atoms with Crippen LogP contribution in [0.3, 0.4) is 0 Å². The van der Waals surface area contributed by atoms with E-state index < -0.39 is 6.04 Å². The van der Waals surface area contributed by atoms with Crippen molar-refractivity contribution in [2.24, 2.45) is 0 Å². The minimum atomic E-state index is -0.444. The van der Waals surface area contributed by atoms with Crippen LogP contribution in [0.5, 0.6) is 0 Å². The van der Waals surface area contributed by atoms with Crippen molar-refractivity contribution in [2.75, 3.05) is 6.54 Å². The zero-order chi connectivity index (χ0) is 14.3. The average Bonchev–Trinajstić information content (AvgIpc) is 2.76. The SMILES string of the molecule is C[C@@H]1NC(=O)CN(Cc2cc3ccc(Cl)cc3s2)C1=O. The number of benzene rings is 1. The van der Waals surface area contributed by atoms with Gasteiger partial charge in [-0.1, -0.05) is 17.7 Å². The number of fused-ring (bicyclic) bond motifs is 1. The van der Waals surface area contributed by atoms with Gasteiger partial charge in [0.15, 0.2) is 0 Å². The van der Waals surface area contributed by atoms with E-state index in [-0.39, 0.29) is 18.4 Å². The molecule has 0 bridgehead atoms. The summed E-state index contributed by atoms with van der Waals surface area (Å²) < 4.78 is 1.09. The highest BCUT2D eigenvalue weighted by Gasteiger charge is 2.29. The number of piperazine rings is 1. The Kier molecular flexibility index (Phi) is 3.40. The first-order valence-electron chi connectivity index (χ1n) is 6.29. The Morgan fingerprint density at radius 3 is 3.00 bits per heavy atom. The van der Waals surface area contributed by atoms with Crippen LogP contribution in [-0.4, -0.2) is 29.3 Å². The molecule has 104 valence electrons. The highest BCUT2D eigenvalue weighted by molar-refractivity contribution is 7.19. The predicted octanol–water partition coefficient (Wildman–Crippen LogP) is 2.40. The first-order chi connectivity index (χ1) is 9.52. The van der Waals surface area contributed by atoms with Crippen molar-refractivity contribution in [1.29, 1.82) is 0 Å². The predicted molar refractivity (Wildman–Crippen MR) is 79.9 cm³/mol. The summed E-state index contributed by atoms with van der Waals surface area (Å²) in [6.45, 7) is 2.29. The van der Waals surface area contributed by atoms with Gasteiger partial charge < -0.3 is 10.2 Å². The summed E-state index contributed by atoms with van der Waals surface area (Å²) in [7, 11) is 0. The van der Waals surface area contributed by atoms with Gasteiger partial charge in [-0.05, 0) is 30.5 Å². The minimum absolute atomic E-state index is 0.0416. The molecule has 0 unspecified atom stereocenters. The van der Waals surface area contributed by atoms with Crippen LogP contribution in [0.15, 0.2) is 24.3 Å². The fourth-order valence-corrected chi connectivity index (χ4v) is 3.69. The third-order valence-electron chi connectivity index (χ3n) is 3.27. The summed E-state index contributed by atoms with van der Waals surface area (Å²) in [5.41, 5.74) is 0. The normalized spacial score (nSPS) is 19.5. The minimum Gasteiger partial charge on any atom is -0.343 e. The van der Waals surface area contributed by atoms with Crippen LogP contribution in [0.25, 0.3) is 10.1 Å². The summed E-state index contributed by atoms with van der Waals surface area (Å²) in [5.74, 6) is -0.152. The molecule has 1 N–H and O–H groups in total.